The Morgan fingerprint density at radius 3 is 1.77 bits per heavy atom. The molecule has 0 aliphatic heterocycles. The fourth-order valence-corrected chi connectivity index (χ4v) is 1.46. The van der Waals surface area contributed by atoms with Gasteiger partial charge in [0.25, 0.3) is 0 Å². The summed E-state index contributed by atoms with van der Waals surface area (Å²) < 4.78 is 16.2. The lowest BCUT2D eigenvalue weighted by molar-refractivity contribution is -0.128. The number of hydrogen-bond donors (Lipinski definition) is 2. The summed E-state index contributed by atoms with van der Waals surface area (Å²) in [6, 6.07) is 0.491. The molecule has 22 heavy (non-hydrogen) atoms. The number of carbonyl (C=O) groups excluding carboxylic acids is 1. The number of amides is 1. The van der Waals surface area contributed by atoms with Gasteiger partial charge in [0.05, 0.1) is 39.6 Å². The van der Waals surface area contributed by atoms with Gasteiger partial charge in [0, 0.05) is 24.5 Å². The zero-order valence-electron chi connectivity index (χ0n) is 14.9. The molecule has 6 heteroatoms. The summed E-state index contributed by atoms with van der Waals surface area (Å²) in [5, 5.41) is 6.11. The standard InChI is InChI=1S/C16H34N2O4/c1-14(2)17-6-8-20-10-12-22-13-11-21-9-7-18-15(19)16(3,4)5/h14,17H,6-13H2,1-5H3,(H,18,19). The predicted molar refractivity (Wildman–Crippen MR) is 88.1 cm³/mol. The molecule has 0 rings (SSSR count). The summed E-state index contributed by atoms with van der Waals surface area (Å²) in [6.45, 7) is 14.7. The van der Waals surface area contributed by atoms with E-state index in [1.807, 2.05) is 20.8 Å². The van der Waals surface area contributed by atoms with Gasteiger partial charge in [-0.1, -0.05) is 34.6 Å². The Balaban J connectivity index is 3.16. The monoisotopic (exact) mass is 318 g/mol. The van der Waals surface area contributed by atoms with Gasteiger partial charge in [-0.3, -0.25) is 4.79 Å². The van der Waals surface area contributed by atoms with Crippen LogP contribution in [0.15, 0.2) is 0 Å². The first-order chi connectivity index (χ1) is 10.3. The minimum absolute atomic E-state index is 0.0384. The fourth-order valence-electron chi connectivity index (χ4n) is 1.46. The highest BCUT2D eigenvalue weighted by molar-refractivity contribution is 5.81. The van der Waals surface area contributed by atoms with E-state index in [1.54, 1.807) is 0 Å². The Morgan fingerprint density at radius 1 is 0.864 bits per heavy atom. The second-order valence-corrected chi connectivity index (χ2v) is 6.45. The van der Waals surface area contributed by atoms with Gasteiger partial charge in [0.15, 0.2) is 0 Å². The van der Waals surface area contributed by atoms with E-state index in [1.165, 1.54) is 0 Å². The lowest BCUT2D eigenvalue weighted by Gasteiger charge is -2.17. The Morgan fingerprint density at radius 2 is 1.32 bits per heavy atom. The van der Waals surface area contributed by atoms with Gasteiger partial charge < -0.3 is 24.8 Å². The van der Waals surface area contributed by atoms with Crippen LogP contribution < -0.4 is 10.6 Å². The highest BCUT2D eigenvalue weighted by Crippen LogP contribution is 2.11. The highest BCUT2D eigenvalue weighted by atomic mass is 16.5. The fraction of sp³-hybridized carbons (Fsp3) is 0.938. The number of ether oxygens (including phenoxy) is 3. The van der Waals surface area contributed by atoms with E-state index in [0.717, 1.165) is 6.54 Å². The normalized spacial score (nSPS) is 11.9. The first-order valence-electron chi connectivity index (χ1n) is 8.09. The first kappa shape index (κ1) is 21.3. The maximum atomic E-state index is 11.6. The van der Waals surface area contributed by atoms with Crippen LogP contribution in [0.4, 0.5) is 0 Å². The van der Waals surface area contributed by atoms with Gasteiger partial charge in [0.2, 0.25) is 5.91 Å². The number of hydrogen-bond acceptors (Lipinski definition) is 5. The van der Waals surface area contributed by atoms with Gasteiger partial charge in [-0.25, -0.2) is 0 Å². The molecular formula is C16H34N2O4. The molecule has 0 aliphatic carbocycles. The van der Waals surface area contributed by atoms with Gasteiger partial charge in [0.1, 0.15) is 0 Å². The van der Waals surface area contributed by atoms with Crippen LogP contribution in [-0.4, -0.2) is 64.7 Å². The van der Waals surface area contributed by atoms with Crippen LogP contribution in [-0.2, 0) is 19.0 Å². The zero-order chi connectivity index (χ0) is 16.8. The Hall–Kier alpha value is -0.690. The average Bonchev–Trinajstić information content (AvgIpc) is 2.42. The minimum atomic E-state index is -0.353. The van der Waals surface area contributed by atoms with Gasteiger partial charge in [-0.2, -0.15) is 0 Å². The summed E-state index contributed by atoms with van der Waals surface area (Å²) in [5.41, 5.74) is -0.353. The number of carbonyl (C=O) groups is 1. The van der Waals surface area contributed by atoms with Crippen molar-refractivity contribution in [2.45, 2.75) is 40.7 Å². The van der Waals surface area contributed by atoms with Crippen LogP contribution in [0.25, 0.3) is 0 Å². The average molecular weight is 318 g/mol. The van der Waals surface area contributed by atoms with E-state index in [9.17, 15) is 4.79 Å². The second kappa shape index (κ2) is 12.8. The molecule has 0 heterocycles. The van der Waals surface area contributed by atoms with Crippen LogP contribution in [0.1, 0.15) is 34.6 Å². The van der Waals surface area contributed by atoms with E-state index < -0.39 is 0 Å². The van der Waals surface area contributed by atoms with Crippen molar-refractivity contribution in [2.24, 2.45) is 5.41 Å². The molecule has 132 valence electrons. The van der Waals surface area contributed by atoms with Gasteiger partial charge >= 0.3 is 0 Å². The Kier molecular flexibility index (Phi) is 12.4. The van der Waals surface area contributed by atoms with Crippen LogP contribution >= 0.6 is 0 Å². The first-order valence-corrected chi connectivity index (χ1v) is 8.09. The predicted octanol–water partition coefficient (Wildman–Crippen LogP) is 1.20. The van der Waals surface area contributed by atoms with Crippen molar-refractivity contribution >= 4 is 5.91 Å². The summed E-state index contributed by atoms with van der Waals surface area (Å²) >= 11 is 0. The smallest absolute Gasteiger partial charge is 0.225 e. The number of nitrogens with one attached hydrogen (secondary N) is 2. The maximum Gasteiger partial charge on any atom is 0.225 e. The van der Waals surface area contributed by atoms with Crippen molar-refractivity contribution in [3.63, 3.8) is 0 Å². The van der Waals surface area contributed by atoms with Crippen molar-refractivity contribution in [1.82, 2.24) is 10.6 Å². The van der Waals surface area contributed by atoms with E-state index >= 15 is 0 Å². The van der Waals surface area contributed by atoms with Crippen LogP contribution in [0.3, 0.4) is 0 Å². The molecule has 0 saturated carbocycles. The molecule has 0 aromatic carbocycles. The van der Waals surface area contributed by atoms with E-state index in [-0.39, 0.29) is 11.3 Å². The van der Waals surface area contributed by atoms with Crippen LogP contribution in [0, 0.1) is 5.41 Å². The third-order valence-corrected chi connectivity index (χ3v) is 2.76. The molecule has 0 aromatic heterocycles. The Bertz CT molecular complexity index is 278. The highest BCUT2D eigenvalue weighted by Gasteiger charge is 2.20. The molecule has 1 amide bonds. The van der Waals surface area contributed by atoms with Crippen molar-refractivity contribution in [1.29, 1.82) is 0 Å². The molecule has 0 fully saturated rings. The van der Waals surface area contributed by atoms with Crippen molar-refractivity contribution in [3.8, 4) is 0 Å². The molecule has 0 aliphatic rings. The van der Waals surface area contributed by atoms with Crippen molar-refractivity contribution < 1.29 is 19.0 Å². The van der Waals surface area contributed by atoms with Gasteiger partial charge in [-0.05, 0) is 0 Å². The van der Waals surface area contributed by atoms with Crippen molar-refractivity contribution in [2.75, 3.05) is 52.7 Å². The quantitative estimate of drug-likeness (QED) is 0.499. The summed E-state index contributed by atoms with van der Waals surface area (Å²) in [6.07, 6.45) is 0. The van der Waals surface area contributed by atoms with E-state index in [4.69, 9.17) is 14.2 Å². The maximum absolute atomic E-state index is 11.6. The molecule has 0 unspecified atom stereocenters. The molecule has 0 saturated heterocycles. The lowest BCUT2D eigenvalue weighted by Crippen LogP contribution is -2.36. The van der Waals surface area contributed by atoms with E-state index in [2.05, 4.69) is 24.5 Å². The molecule has 0 bridgehead atoms. The second-order valence-electron chi connectivity index (χ2n) is 6.45. The molecule has 0 spiro atoms. The molecule has 2 N–H and O–H groups in total. The topological polar surface area (TPSA) is 68.8 Å². The zero-order valence-corrected chi connectivity index (χ0v) is 14.9. The molecule has 0 radical (unpaired) electrons. The lowest BCUT2D eigenvalue weighted by atomic mass is 9.96. The van der Waals surface area contributed by atoms with E-state index in [0.29, 0.717) is 52.2 Å². The number of rotatable bonds is 13. The van der Waals surface area contributed by atoms with Crippen molar-refractivity contribution in [3.05, 3.63) is 0 Å². The molecule has 0 aromatic rings. The SMILES string of the molecule is CC(C)NCCOCCOCCOCCNC(=O)C(C)(C)C. The summed E-state index contributed by atoms with van der Waals surface area (Å²) in [7, 11) is 0. The third-order valence-electron chi connectivity index (χ3n) is 2.76. The molecule has 6 nitrogen and oxygen atoms in total. The van der Waals surface area contributed by atoms with Gasteiger partial charge in [-0.15, -0.1) is 0 Å². The van der Waals surface area contributed by atoms with Crippen LogP contribution in [0.5, 0.6) is 0 Å². The summed E-state index contributed by atoms with van der Waals surface area (Å²) in [5.74, 6) is 0.0384. The third kappa shape index (κ3) is 14.3. The minimum Gasteiger partial charge on any atom is -0.378 e. The van der Waals surface area contributed by atoms with Crippen LogP contribution in [0.2, 0.25) is 0 Å². The largest absolute Gasteiger partial charge is 0.378 e. The Labute approximate surface area is 135 Å². The molecular weight excluding hydrogens is 284 g/mol. The molecule has 0 atom stereocenters. The summed E-state index contributed by atoms with van der Waals surface area (Å²) in [4.78, 5) is 11.6.